The smallest absolute Gasteiger partial charge is 0.251 e. The molecule has 42 heavy (non-hydrogen) atoms. The van der Waals surface area contributed by atoms with Crippen molar-refractivity contribution in [3.63, 3.8) is 0 Å². The van der Waals surface area contributed by atoms with Crippen molar-refractivity contribution in [1.29, 1.82) is 5.41 Å². The maximum atomic E-state index is 13.7. The number of nitrogen functional groups attached to an aromatic ring is 1. The van der Waals surface area contributed by atoms with Crippen LogP contribution in [0.4, 0.5) is 0 Å². The van der Waals surface area contributed by atoms with E-state index in [2.05, 4.69) is 16.0 Å². The normalized spacial score (nSPS) is 12.8. The van der Waals surface area contributed by atoms with Gasteiger partial charge in [0.05, 0.1) is 0 Å². The van der Waals surface area contributed by atoms with Gasteiger partial charge in [0.25, 0.3) is 5.91 Å². The summed E-state index contributed by atoms with van der Waals surface area (Å²) >= 11 is 0. The molecule has 0 aliphatic rings. The standard InChI is InChI=1S/C31H37N7O4/c32-17-8-7-16-24(30(41)38-26(28(35)39)21-11-3-1-4-12-21)36-31(42)25(37-29(40)22-13-5-2-6-14-22)19-20-10-9-15-23(18-20)27(33)34/h1-6,9-15,18,24-26H,7-8,16-17,19,32H2,(H3,33,34)(H2,35,39)(H,36,42)(H,37,40)(H,38,41)/t24-,25-,26-/m0/s1. The SMILES string of the molecule is N=C(N)c1cccc(C[C@H](NC(=O)c2ccccc2)C(=O)N[C@@H](CCCCN)C(=O)N[C@H](C(N)=O)c2ccccc2)c1. The molecule has 11 nitrogen and oxygen atoms in total. The highest BCUT2D eigenvalue weighted by atomic mass is 16.2. The van der Waals surface area contributed by atoms with Gasteiger partial charge in [0.1, 0.15) is 24.0 Å². The van der Waals surface area contributed by atoms with Crippen LogP contribution in [0.25, 0.3) is 0 Å². The number of nitrogens with one attached hydrogen (secondary N) is 4. The lowest BCUT2D eigenvalue weighted by Gasteiger charge is -2.25. The molecular formula is C31H37N7O4. The van der Waals surface area contributed by atoms with E-state index in [1.807, 2.05) is 0 Å². The summed E-state index contributed by atoms with van der Waals surface area (Å²) in [5, 5.41) is 15.9. The van der Waals surface area contributed by atoms with Crippen LogP contribution in [0.15, 0.2) is 84.9 Å². The molecule has 3 rings (SSSR count). The number of unbranched alkanes of at least 4 members (excludes halogenated alkanes) is 1. The van der Waals surface area contributed by atoms with Crippen molar-refractivity contribution in [3.8, 4) is 0 Å². The number of hydrogen-bond donors (Lipinski definition) is 7. The van der Waals surface area contributed by atoms with E-state index < -0.39 is 41.8 Å². The third-order valence-corrected chi connectivity index (χ3v) is 6.62. The summed E-state index contributed by atoms with van der Waals surface area (Å²) < 4.78 is 0. The second-order valence-electron chi connectivity index (χ2n) is 9.81. The van der Waals surface area contributed by atoms with E-state index in [1.54, 1.807) is 84.9 Å². The summed E-state index contributed by atoms with van der Waals surface area (Å²) in [6, 6.07) is 20.6. The Morgan fingerprint density at radius 1 is 0.714 bits per heavy atom. The van der Waals surface area contributed by atoms with E-state index >= 15 is 0 Å². The minimum absolute atomic E-state index is 0.0661. The summed E-state index contributed by atoms with van der Waals surface area (Å²) in [5.41, 5.74) is 18.9. The van der Waals surface area contributed by atoms with Crippen LogP contribution in [0.5, 0.6) is 0 Å². The Morgan fingerprint density at radius 2 is 1.33 bits per heavy atom. The van der Waals surface area contributed by atoms with E-state index in [0.717, 1.165) is 0 Å². The molecule has 0 radical (unpaired) electrons. The van der Waals surface area contributed by atoms with Gasteiger partial charge in [-0.1, -0.05) is 66.7 Å². The molecule has 0 saturated carbocycles. The Labute approximate surface area is 244 Å². The van der Waals surface area contributed by atoms with Gasteiger partial charge in [0, 0.05) is 17.5 Å². The molecule has 0 fully saturated rings. The molecule has 3 atom stereocenters. The average Bonchev–Trinajstić information content (AvgIpc) is 2.99. The minimum atomic E-state index is -1.10. The van der Waals surface area contributed by atoms with Gasteiger partial charge in [-0.3, -0.25) is 24.6 Å². The van der Waals surface area contributed by atoms with Crippen LogP contribution in [0.3, 0.4) is 0 Å². The van der Waals surface area contributed by atoms with Crippen LogP contribution in [0.1, 0.15) is 52.4 Å². The van der Waals surface area contributed by atoms with Gasteiger partial charge in [-0.15, -0.1) is 0 Å². The van der Waals surface area contributed by atoms with Crippen molar-refractivity contribution in [2.75, 3.05) is 6.54 Å². The first kappa shape index (κ1) is 31.5. The molecule has 3 aromatic rings. The third kappa shape index (κ3) is 9.27. The van der Waals surface area contributed by atoms with Crippen molar-refractivity contribution in [2.45, 2.75) is 43.8 Å². The Hall–Kier alpha value is -5.03. The molecule has 0 aromatic heterocycles. The molecular weight excluding hydrogens is 534 g/mol. The van der Waals surface area contributed by atoms with Crippen molar-refractivity contribution in [2.24, 2.45) is 17.2 Å². The second-order valence-corrected chi connectivity index (χ2v) is 9.81. The third-order valence-electron chi connectivity index (χ3n) is 6.62. The fraction of sp³-hybridized carbons (Fsp3) is 0.258. The Morgan fingerprint density at radius 3 is 1.95 bits per heavy atom. The first-order valence-corrected chi connectivity index (χ1v) is 13.6. The van der Waals surface area contributed by atoms with Gasteiger partial charge in [0.2, 0.25) is 17.7 Å². The molecule has 0 aliphatic carbocycles. The number of nitrogens with two attached hydrogens (primary N) is 3. The van der Waals surface area contributed by atoms with Gasteiger partial charge < -0.3 is 33.2 Å². The summed E-state index contributed by atoms with van der Waals surface area (Å²) in [5.74, 6) is -2.55. The van der Waals surface area contributed by atoms with E-state index in [0.29, 0.717) is 41.6 Å². The lowest BCUT2D eigenvalue weighted by atomic mass is 10.0. The predicted molar refractivity (Wildman–Crippen MR) is 160 cm³/mol. The Balaban J connectivity index is 1.86. The maximum Gasteiger partial charge on any atom is 0.251 e. The van der Waals surface area contributed by atoms with Crippen LogP contribution < -0.4 is 33.2 Å². The number of carbonyl (C=O) groups excluding carboxylic acids is 4. The highest BCUT2D eigenvalue weighted by molar-refractivity contribution is 5.99. The zero-order chi connectivity index (χ0) is 30.5. The quantitative estimate of drug-likeness (QED) is 0.0811. The van der Waals surface area contributed by atoms with Crippen LogP contribution >= 0.6 is 0 Å². The highest BCUT2D eigenvalue weighted by Crippen LogP contribution is 2.14. The van der Waals surface area contributed by atoms with E-state index in [1.165, 1.54) is 0 Å². The fourth-order valence-electron chi connectivity index (χ4n) is 4.38. The van der Waals surface area contributed by atoms with Crippen LogP contribution in [-0.2, 0) is 20.8 Å². The summed E-state index contributed by atoms with van der Waals surface area (Å²) in [4.78, 5) is 52.4. The van der Waals surface area contributed by atoms with Crippen LogP contribution in [0, 0.1) is 5.41 Å². The molecule has 11 heteroatoms. The van der Waals surface area contributed by atoms with Crippen molar-refractivity contribution >= 4 is 29.5 Å². The van der Waals surface area contributed by atoms with E-state index in [4.69, 9.17) is 22.6 Å². The van der Waals surface area contributed by atoms with Gasteiger partial charge in [-0.05, 0) is 55.1 Å². The number of amides is 4. The second kappa shape index (κ2) is 15.7. The summed E-state index contributed by atoms with van der Waals surface area (Å²) in [6.45, 7) is 0.401. The fourth-order valence-corrected chi connectivity index (χ4v) is 4.38. The monoisotopic (exact) mass is 571 g/mol. The van der Waals surface area contributed by atoms with Gasteiger partial charge >= 0.3 is 0 Å². The number of hydrogen-bond acceptors (Lipinski definition) is 6. The first-order chi connectivity index (χ1) is 20.2. The van der Waals surface area contributed by atoms with Gasteiger partial charge in [-0.2, -0.15) is 0 Å². The predicted octanol–water partition coefficient (Wildman–Crippen LogP) is 1.27. The topological polar surface area (TPSA) is 206 Å². The molecule has 0 aliphatic heterocycles. The number of carbonyl (C=O) groups is 4. The van der Waals surface area contributed by atoms with Crippen molar-refractivity contribution in [3.05, 3.63) is 107 Å². The number of rotatable bonds is 15. The van der Waals surface area contributed by atoms with E-state index in [9.17, 15) is 19.2 Å². The zero-order valence-corrected chi connectivity index (χ0v) is 23.2. The maximum absolute atomic E-state index is 13.7. The van der Waals surface area contributed by atoms with Gasteiger partial charge in [0.15, 0.2) is 0 Å². The number of primary amides is 1. The summed E-state index contributed by atoms with van der Waals surface area (Å²) in [6.07, 6.45) is 1.46. The molecule has 0 saturated heterocycles. The number of amidine groups is 1. The molecule has 0 heterocycles. The molecule has 3 aromatic carbocycles. The van der Waals surface area contributed by atoms with Crippen molar-refractivity contribution in [1.82, 2.24) is 16.0 Å². The van der Waals surface area contributed by atoms with Gasteiger partial charge in [-0.25, -0.2) is 0 Å². The number of benzene rings is 3. The Bertz CT molecular complexity index is 1380. The van der Waals surface area contributed by atoms with Crippen molar-refractivity contribution < 1.29 is 19.2 Å². The minimum Gasteiger partial charge on any atom is -0.384 e. The first-order valence-electron chi connectivity index (χ1n) is 13.6. The molecule has 0 spiro atoms. The largest absolute Gasteiger partial charge is 0.384 e. The van der Waals surface area contributed by atoms with E-state index in [-0.39, 0.29) is 18.7 Å². The van der Waals surface area contributed by atoms with Crippen LogP contribution in [-0.4, -0.2) is 48.1 Å². The lowest BCUT2D eigenvalue weighted by molar-refractivity contribution is -0.132. The Kier molecular flexibility index (Phi) is 11.8. The lowest BCUT2D eigenvalue weighted by Crippen LogP contribution is -2.55. The molecule has 220 valence electrons. The molecule has 4 amide bonds. The average molecular weight is 572 g/mol. The molecule has 10 N–H and O–H groups in total. The highest BCUT2D eigenvalue weighted by Gasteiger charge is 2.30. The molecule has 0 unspecified atom stereocenters. The van der Waals surface area contributed by atoms with Crippen LogP contribution in [0.2, 0.25) is 0 Å². The zero-order valence-electron chi connectivity index (χ0n) is 23.2. The molecule has 0 bridgehead atoms. The summed E-state index contributed by atoms with van der Waals surface area (Å²) in [7, 11) is 0.